The second-order valence-electron chi connectivity index (χ2n) is 3.33. The molecule has 5 nitrogen and oxygen atoms in total. The quantitative estimate of drug-likeness (QED) is 0.738. The van der Waals surface area contributed by atoms with Gasteiger partial charge in [-0.3, -0.25) is 4.90 Å². The fraction of sp³-hybridized carbons (Fsp3) is 0.444. The van der Waals surface area contributed by atoms with Gasteiger partial charge in [-0.15, -0.1) is 0 Å². The van der Waals surface area contributed by atoms with E-state index >= 15 is 0 Å². The lowest BCUT2D eigenvalue weighted by Crippen LogP contribution is -2.28. The van der Waals surface area contributed by atoms with Crippen LogP contribution in [0.2, 0.25) is 0 Å². The molecule has 1 amide bonds. The zero-order chi connectivity index (χ0) is 10.1. The first-order chi connectivity index (χ1) is 6.72. The van der Waals surface area contributed by atoms with Crippen molar-refractivity contribution >= 4 is 11.9 Å². The van der Waals surface area contributed by atoms with Crippen LogP contribution < -0.4 is 10.6 Å². The topological polar surface area (TPSA) is 60.5 Å². The highest BCUT2D eigenvalue weighted by molar-refractivity contribution is 5.88. The van der Waals surface area contributed by atoms with Crippen molar-refractivity contribution < 1.29 is 9.53 Å². The number of nitrogens with two attached hydrogens (primary N) is 1. The minimum absolute atomic E-state index is 0.183. The molecular formula is C9H13N3O2. The number of carbonyl (C=O) groups is 1. The van der Waals surface area contributed by atoms with Crippen molar-refractivity contribution in [1.29, 1.82) is 0 Å². The molecule has 2 heterocycles. The molecule has 0 aliphatic carbocycles. The molecule has 2 N–H and O–H groups in total. The number of ether oxygens (including phenoxy) is 1. The Hall–Kier alpha value is -1.49. The Balaban J connectivity index is 2.20. The first-order valence-electron chi connectivity index (χ1n) is 4.52. The monoisotopic (exact) mass is 195 g/mol. The van der Waals surface area contributed by atoms with E-state index in [1.807, 2.05) is 29.9 Å². The molecule has 0 bridgehead atoms. The maximum atomic E-state index is 11.4. The first-order valence-corrected chi connectivity index (χ1v) is 4.52. The molecule has 1 aromatic rings. The molecule has 0 spiro atoms. The summed E-state index contributed by atoms with van der Waals surface area (Å²) in [5.41, 5.74) is 5.44. The van der Waals surface area contributed by atoms with E-state index < -0.39 is 0 Å². The minimum atomic E-state index is -0.317. The van der Waals surface area contributed by atoms with Gasteiger partial charge in [0.15, 0.2) is 0 Å². The minimum Gasteiger partial charge on any atom is -0.443 e. The van der Waals surface area contributed by atoms with Gasteiger partial charge < -0.3 is 15.0 Å². The molecule has 76 valence electrons. The molecule has 0 unspecified atom stereocenters. The van der Waals surface area contributed by atoms with Gasteiger partial charge in [-0.25, -0.2) is 4.79 Å². The lowest BCUT2D eigenvalue weighted by molar-refractivity contribution is 0.145. The predicted octanol–water partition coefficient (Wildman–Crippen LogP) is 0.309. The number of aryl methyl sites for hydroxylation is 1. The van der Waals surface area contributed by atoms with E-state index in [1.54, 1.807) is 4.90 Å². The smallest absolute Gasteiger partial charge is 0.415 e. The molecule has 1 aromatic heterocycles. The van der Waals surface area contributed by atoms with Crippen molar-refractivity contribution in [2.45, 2.75) is 6.10 Å². The van der Waals surface area contributed by atoms with E-state index in [1.165, 1.54) is 0 Å². The summed E-state index contributed by atoms with van der Waals surface area (Å²) in [7, 11) is 1.89. The Bertz CT molecular complexity index is 348. The summed E-state index contributed by atoms with van der Waals surface area (Å²) >= 11 is 0. The van der Waals surface area contributed by atoms with Crippen molar-refractivity contribution in [1.82, 2.24) is 4.57 Å². The van der Waals surface area contributed by atoms with Gasteiger partial charge in [0.05, 0.1) is 6.54 Å². The molecule has 0 radical (unpaired) electrons. The average Bonchev–Trinajstić information content (AvgIpc) is 2.72. The zero-order valence-corrected chi connectivity index (χ0v) is 8.01. The van der Waals surface area contributed by atoms with Gasteiger partial charge in [0.25, 0.3) is 0 Å². The number of aromatic nitrogens is 1. The summed E-state index contributed by atoms with van der Waals surface area (Å²) in [5.74, 6) is 0.839. The van der Waals surface area contributed by atoms with Crippen LogP contribution in [-0.2, 0) is 11.8 Å². The van der Waals surface area contributed by atoms with E-state index in [2.05, 4.69) is 0 Å². The van der Waals surface area contributed by atoms with E-state index in [9.17, 15) is 4.79 Å². The molecule has 5 heteroatoms. The summed E-state index contributed by atoms with van der Waals surface area (Å²) in [4.78, 5) is 13.0. The summed E-state index contributed by atoms with van der Waals surface area (Å²) in [6, 6.07) is 3.76. The molecule has 1 fully saturated rings. The Kier molecular flexibility index (Phi) is 2.17. The van der Waals surface area contributed by atoms with Gasteiger partial charge in [0.2, 0.25) is 0 Å². The van der Waals surface area contributed by atoms with Gasteiger partial charge in [-0.1, -0.05) is 0 Å². The number of nitrogens with zero attached hydrogens (tertiary/aromatic N) is 2. The molecule has 1 atom stereocenters. The molecule has 1 saturated heterocycles. The summed E-state index contributed by atoms with van der Waals surface area (Å²) in [6.45, 7) is 0.903. The highest BCUT2D eigenvalue weighted by Crippen LogP contribution is 2.20. The number of anilines is 1. The van der Waals surface area contributed by atoms with Crippen LogP contribution in [0.4, 0.5) is 10.6 Å². The van der Waals surface area contributed by atoms with Crippen molar-refractivity contribution in [3.63, 3.8) is 0 Å². The number of cyclic esters (lactones) is 1. The standard InChI is InChI=1S/C9H13N3O2/c1-11-4-2-3-8(11)12-6-7(5-10)14-9(12)13/h2-4,7H,5-6,10H2,1H3/t7-/m0/s1. The number of rotatable bonds is 2. The van der Waals surface area contributed by atoms with Gasteiger partial charge in [0, 0.05) is 19.8 Å². The van der Waals surface area contributed by atoms with Crippen LogP contribution in [0.1, 0.15) is 0 Å². The van der Waals surface area contributed by atoms with Crippen LogP contribution in [0.15, 0.2) is 18.3 Å². The second kappa shape index (κ2) is 3.34. The average molecular weight is 195 g/mol. The van der Waals surface area contributed by atoms with Gasteiger partial charge in [0.1, 0.15) is 11.9 Å². The second-order valence-corrected chi connectivity index (χ2v) is 3.33. The molecule has 2 rings (SSSR count). The molecule has 1 aliphatic rings. The van der Waals surface area contributed by atoms with Gasteiger partial charge in [-0.2, -0.15) is 0 Å². The fourth-order valence-corrected chi connectivity index (χ4v) is 1.56. The van der Waals surface area contributed by atoms with Gasteiger partial charge in [-0.05, 0) is 12.1 Å². The normalized spacial score (nSPS) is 21.4. The fourth-order valence-electron chi connectivity index (χ4n) is 1.56. The number of hydrogen-bond donors (Lipinski definition) is 1. The van der Waals surface area contributed by atoms with Crippen molar-refractivity contribution in [2.24, 2.45) is 12.8 Å². The highest BCUT2D eigenvalue weighted by Gasteiger charge is 2.32. The zero-order valence-electron chi connectivity index (χ0n) is 8.01. The van der Waals surface area contributed by atoms with Crippen molar-refractivity contribution in [3.8, 4) is 0 Å². The van der Waals surface area contributed by atoms with Crippen LogP contribution in [0, 0.1) is 0 Å². The Labute approximate surface area is 82.0 Å². The van der Waals surface area contributed by atoms with E-state index in [-0.39, 0.29) is 12.2 Å². The maximum absolute atomic E-state index is 11.4. The van der Waals surface area contributed by atoms with Crippen LogP contribution in [0.25, 0.3) is 0 Å². The van der Waals surface area contributed by atoms with Crippen LogP contribution in [0.3, 0.4) is 0 Å². The summed E-state index contributed by atoms with van der Waals surface area (Å²) in [6.07, 6.45) is 1.39. The Morgan fingerprint density at radius 1 is 1.71 bits per heavy atom. The van der Waals surface area contributed by atoms with E-state index in [4.69, 9.17) is 10.5 Å². The third kappa shape index (κ3) is 1.35. The highest BCUT2D eigenvalue weighted by atomic mass is 16.6. The third-order valence-electron chi connectivity index (χ3n) is 2.33. The predicted molar refractivity (Wildman–Crippen MR) is 52.1 cm³/mol. The summed E-state index contributed by atoms with van der Waals surface area (Å²) in [5, 5.41) is 0. The van der Waals surface area contributed by atoms with Crippen molar-refractivity contribution in [3.05, 3.63) is 18.3 Å². The lowest BCUT2D eigenvalue weighted by Gasteiger charge is -2.13. The lowest BCUT2D eigenvalue weighted by atomic mass is 10.3. The van der Waals surface area contributed by atoms with E-state index in [0.29, 0.717) is 13.1 Å². The van der Waals surface area contributed by atoms with Crippen LogP contribution >= 0.6 is 0 Å². The third-order valence-corrected chi connectivity index (χ3v) is 2.33. The number of hydrogen-bond acceptors (Lipinski definition) is 3. The number of amides is 1. The largest absolute Gasteiger partial charge is 0.443 e. The molecular weight excluding hydrogens is 182 g/mol. The maximum Gasteiger partial charge on any atom is 0.415 e. The Morgan fingerprint density at radius 3 is 3.00 bits per heavy atom. The molecule has 1 aliphatic heterocycles. The van der Waals surface area contributed by atoms with Crippen LogP contribution in [0.5, 0.6) is 0 Å². The van der Waals surface area contributed by atoms with E-state index in [0.717, 1.165) is 5.82 Å². The SMILES string of the molecule is Cn1cccc1N1C[C@H](CN)OC1=O. The first kappa shape index (κ1) is 9.08. The number of carbonyl (C=O) groups excluding carboxylic acids is 1. The van der Waals surface area contributed by atoms with Crippen LogP contribution in [-0.4, -0.2) is 29.9 Å². The molecule has 0 aromatic carbocycles. The Morgan fingerprint density at radius 2 is 2.50 bits per heavy atom. The van der Waals surface area contributed by atoms with Crippen molar-refractivity contribution in [2.75, 3.05) is 18.0 Å². The molecule has 14 heavy (non-hydrogen) atoms. The van der Waals surface area contributed by atoms with Gasteiger partial charge >= 0.3 is 6.09 Å². The summed E-state index contributed by atoms with van der Waals surface area (Å²) < 4.78 is 6.93. The molecule has 0 saturated carbocycles.